The molecule has 2 fully saturated rings. The van der Waals surface area contributed by atoms with Gasteiger partial charge in [0.05, 0.1) is 5.92 Å². The summed E-state index contributed by atoms with van der Waals surface area (Å²) in [6, 6.07) is 9.30. The summed E-state index contributed by atoms with van der Waals surface area (Å²) in [5, 5.41) is 2.78. The number of hydrogen-bond acceptors (Lipinski definition) is 4. The summed E-state index contributed by atoms with van der Waals surface area (Å²) in [7, 11) is 0. The molecule has 8 nitrogen and oxygen atoms in total. The molecule has 0 bridgehead atoms. The van der Waals surface area contributed by atoms with E-state index in [1.807, 2.05) is 30.3 Å². The van der Waals surface area contributed by atoms with Crippen molar-refractivity contribution in [1.29, 1.82) is 0 Å². The van der Waals surface area contributed by atoms with E-state index >= 15 is 0 Å². The zero-order valence-electron chi connectivity index (χ0n) is 16.1. The number of nitrogens with one attached hydrogen (secondary N) is 1. The molecule has 8 heteroatoms. The molecule has 3 rings (SSSR count). The molecule has 2 heterocycles. The van der Waals surface area contributed by atoms with Gasteiger partial charge in [-0.1, -0.05) is 18.2 Å². The van der Waals surface area contributed by atoms with E-state index in [4.69, 9.17) is 0 Å². The van der Waals surface area contributed by atoms with Crippen molar-refractivity contribution in [2.75, 3.05) is 44.2 Å². The van der Waals surface area contributed by atoms with Crippen molar-refractivity contribution in [3.05, 3.63) is 30.3 Å². The van der Waals surface area contributed by atoms with Gasteiger partial charge in [0.25, 0.3) is 0 Å². The predicted octanol–water partition coefficient (Wildman–Crippen LogP) is 0.237. The average Bonchev–Trinajstić information content (AvgIpc) is 3.10. The Hall–Kier alpha value is -2.90. The van der Waals surface area contributed by atoms with Crippen molar-refractivity contribution < 1.29 is 19.2 Å². The fourth-order valence-corrected chi connectivity index (χ4v) is 3.61. The Morgan fingerprint density at radius 3 is 2.32 bits per heavy atom. The first kappa shape index (κ1) is 19.9. The van der Waals surface area contributed by atoms with Crippen LogP contribution < -0.4 is 10.2 Å². The number of benzene rings is 1. The summed E-state index contributed by atoms with van der Waals surface area (Å²) < 4.78 is 0. The van der Waals surface area contributed by atoms with Crippen molar-refractivity contribution in [3.63, 3.8) is 0 Å². The molecular weight excluding hydrogens is 360 g/mol. The first-order valence-corrected chi connectivity index (χ1v) is 9.62. The molecule has 1 N–H and O–H groups in total. The third kappa shape index (κ3) is 4.68. The zero-order chi connectivity index (χ0) is 20.1. The van der Waals surface area contributed by atoms with E-state index in [2.05, 4.69) is 5.32 Å². The number of hydrogen-bond donors (Lipinski definition) is 1. The molecule has 150 valence electrons. The van der Waals surface area contributed by atoms with Crippen LogP contribution in [-0.2, 0) is 19.2 Å². The molecule has 1 aromatic carbocycles. The zero-order valence-corrected chi connectivity index (χ0v) is 16.1. The lowest BCUT2D eigenvalue weighted by molar-refractivity contribution is -0.138. The van der Waals surface area contributed by atoms with Crippen molar-refractivity contribution in [1.82, 2.24) is 15.1 Å². The van der Waals surface area contributed by atoms with Crippen LogP contribution in [0, 0.1) is 5.92 Å². The maximum atomic E-state index is 12.4. The molecule has 1 aromatic rings. The molecule has 0 aromatic heterocycles. The number of amides is 4. The quantitative estimate of drug-likeness (QED) is 0.785. The highest BCUT2D eigenvalue weighted by Crippen LogP contribution is 2.24. The third-order valence-corrected chi connectivity index (χ3v) is 5.28. The van der Waals surface area contributed by atoms with Gasteiger partial charge in [-0.15, -0.1) is 0 Å². The number of anilines is 1. The van der Waals surface area contributed by atoms with Gasteiger partial charge in [-0.25, -0.2) is 0 Å². The Bertz CT molecular complexity index is 744. The van der Waals surface area contributed by atoms with E-state index in [1.54, 1.807) is 14.7 Å². The number of rotatable bonds is 5. The van der Waals surface area contributed by atoms with E-state index in [9.17, 15) is 19.2 Å². The van der Waals surface area contributed by atoms with E-state index in [0.29, 0.717) is 32.7 Å². The van der Waals surface area contributed by atoms with Gasteiger partial charge in [0.15, 0.2) is 0 Å². The lowest BCUT2D eigenvalue weighted by Crippen LogP contribution is -2.50. The number of carbonyl (C=O) groups excluding carboxylic acids is 4. The minimum absolute atomic E-state index is 0.0232. The molecule has 2 aliphatic rings. The molecule has 0 saturated carbocycles. The first-order chi connectivity index (χ1) is 13.5. The normalized spacial score (nSPS) is 19.7. The molecule has 0 aliphatic carbocycles. The SMILES string of the molecule is CC(=O)N1CCN(C(=O)CCNC(=O)C2CC(=O)N(c3ccccc3)C2)CC1. The van der Waals surface area contributed by atoms with E-state index in [0.717, 1.165) is 5.69 Å². The molecule has 0 spiro atoms. The van der Waals surface area contributed by atoms with Crippen LogP contribution >= 0.6 is 0 Å². The van der Waals surface area contributed by atoms with Crippen LogP contribution in [0.3, 0.4) is 0 Å². The second kappa shape index (κ2) is 8.86. The van der Waals surface area contributed by atoms with Gasteiger partial charge in [0.2, 0.25) is 23.6 Å². The minimum atomic E-state index is -0.401. The first-order valence-electron chi connectivity index (χ1n) is 9.62. The summed E-state index contributed by atoms with van der Waals surface area (Å²) in [6.07, 6.45) is 0.399. The highest BCUT2D eigenvalue weighted by Gasteiger charge is 2.35. The molecule has 2 saturated heterocycles. The van der Waals surface area contributed by atoms with Gasteiger partial charge in [-0.05, 0) is 12.1 Å². The lowest BCUT2D eigenvalue weighted by atomic mass is 10.1. The summed E-state index contributed by atoms with van der Waals surface area (Å²) in [5.41, 5.74) is 0.794. The Kier molecular flexibility index (Phi) is 6.28. The number of piperazine rings is 1. The number of nitrogens with zero attached hydrogens (tertiary/aromatic N) is 3. The van der Waals surface area contributed by atoms with Crippen LogP contribution in [0.4, 0.5) is 5.69 Å². The minimum Gasteiger partial charge on any atom is -0.355 e. The Morgan fingerprint density at radius 1 is 1.04 bits per heavy atom. The molecule has 2 aliphatic heterocycles. The summed E-state index contributed by atoms with van der Waals surface area (Å²) in [5.74, 6) is -0.666. The number of para-hydroxylation sites is 1. The molecular formula is C20H26N4O4. The molecule has 0 radical (unpaired) electrons. The molecule has 4 amide bonds. The van der Waals surface area contributed by atoms with Crippen LogP contribution in [0.25, 0.3) is 0 Å². The average molecular weight is 386 g/mol. The van der Waals surface area contributed by atoms with Gasteiger partial charge < -0.3 is 20.0 Å². The second-order valence-electron chi connectivity index (χ2n) is 7.17. The molecule has 28 heavy (non-hydrogen) atoms. The second-order valence-corrected chi connectivity index (χ2v) is 7.17. The van der Waals surface area contributed by atoms with Gasteiger partial charge in [-0.2, -0.15) is 0 Å². The lowest BCUT2D eigenvalue weighted by Gasteiger charge is -2.34. The van der Waals surface area contributed by atoms with Crippen LogP contribution in [0.5, 0.6) is 0 Å². The van der Waals surface area contributed by atoms with Crippen molar-refractivity contribution >= 4 is 29.3 Å². The maximum Gasteiger partial charge on any atom is 0.227 e. The Morgan fingerprint density at radius 2 is 1.68 bits per heavy atom. The van der Waals surface area contributed by atoms with Crippen molar-refractivity contribution in [2.24, 2.45) is 5.92 Å². The summed E-state index contributed by atoms with van der Waals surface area (Å²) in [4.78, 5) is 53.3. The highest BCUT2D eigenvalue weighted by molar-refractivity contribution is 6.00. The topological polar surface area (TPSA) is 90.0 Å². The van der Waals surface area contributed by atoms with Gasteiger partial charge in [0.1, 0.15) is 0 Å². The van der Waals surface area contributed by atoms with Crippen LogP contribution in [0.2, 0.25) is 0 Å². The van der Waals surface area contributed by atoms with Gasteiger partial charge in [0, 0.05) is 64.7 Å². The van der Waals surface area contributed by atoms with E-state index in [-0.39, 0.29) is 43.0 Å². The largest absolute Gasteiger partial charge is 0.355 e. The third-order valence-electron chi connectivity index (χ3n) is 5.28. The summed E-state index contributed by atoms with van der Waals surface area (Å²) >= 11 is 0. The standard InChI is InChI=1S/C20H26N4O4/c1-15(25)22-9-11-23(12-10-22)18(26)7-8-21-20(28)16-13-19(27)24(14-16)17-5-3-2-4-6-17/h2-6,16H,7-14H2,1H3,(H,21,28). The van der Waals surface area contributed by atoms with Gasteiger partial charge in [-0.3, -0.25) is 19.2 Å². The monoisotopic (exact) mass is 386 g/mol. The van der Waals surface area contributed by atoms with Crippen LogP contribution in [0.1, 0.15) is 19.8 Å². The van der Waals surface area contributed by atoms with Crippen LogP contribution in [-0.4, -0.2) is 72.7 Å². The van der Waals surface area contributed by atoms with E-state index in [1.165, 1.54) is 6.92 Å². The van der Waals surface area contributed by atoms with Gasteiger partial charge >= 0.3 is 0 Å². The maximum absolute atomic E-state index is 12.4. The van der Waals surface area contributed by atoms with Crippen molar-refractivity contribution in [2.45, 2.75) is 19.8 Å². The molecule has 1 atom stereocenters. The predicted molar refractivity (Wildman–Crippen MR) is 103 cm³/mol. The fourth-order valence-electron chi connectivity index (χ4n) is 3.61. The van der Waals surface area contributed by atoms with Crippen molar-refractivity contribution in [3.8, 4) is 0 Å². The smallest absolute Gasteiger partial charge is 0.227 e. The summed E-state index contributed by atoms with van der Waals surface area (Å²) in [6.45, 7) is 4.28. The Balaban J connectivity index is 1.41. The number of carbonyl (C=O) groups is 4. The highest BCUT2D eigenvalue weighted by atomic mass is 16.2. The Labute approximate surface area is 164 Å². The molecule has 1 unspecified atom stereocenters. The van der Waals surface area contributed by atoms with E-state index < -0.39 is 5.92 Å². The fraction of sp³-hybridized carbons (Fsp3) is 0.500. The van der Waals surface area contributed by atoms with Crippen LogP contribution in [0.15, 0.2) is 30.3 Å².